The first-order valence-corrected chi connectivity index (χ1v) is 9.65. The Morgan fingerprint density at radius 1 is 1.03 bits per heavy atom. The lowest BCUT2D eigenvalue weighted by Crippen LogP contribution is -2.57. The van der Waals surface area contributed by atoms with E-state index in [2.05, 4.69) is 35.9 Å². The smallest absolute Gasteiger partial charge is 0.326 e. The Morgan fingerprint density at radius 3 is 2.12 bits per heavy atom. The zero-order valence-electron chi connectivity index (χ0n) is 17.2. The number of nitrogens with one attached hydrogen (secondary N) is 5. The van der Waals surface area contributed by atoms with Crippen molar-refractivity contribution in [2.24, 2.45) is 5.73 Å². The first-order valence-electron chi connectivity index (χ1n) is 9.65. The number of aliphatic carboxylic acids is 1. The number of aliphatic hydroxyl groups is 1. The molecule has 2 rings (SSSR count). The number of carbonyl (C=O) groups is 4. The van der Waals surface area contributed by atoms with Gasteiger partial charge in [-0.2, -0.15) is 0 Å². The summed E-state index contributed by atoms with van der Waals surface area (Å²) in [6, 6.07) is -3.69. The second kappa shape index (κ2) is 11.6. The molecule has 0 saturated carbocycles. The number of hydrogen-bond donors (Lipinski definition) is 8. The molecular formula is C18H26N8O6. The van der Waals surface area contributed by atoms with E-state index in [0.29, 0.717) is 11.4 Å². The Kier molecular flexibility index (Phi) is 8.85. The average Bonchev–Trinajstić information content (AvgIpc) is 3.43. The third kappa shape index (κ3) is 7.48. The quantitative estimate of drug-likeness (QED) is 0.162. The molecule has 0 fully saturated rings. The normalized spacial score (nSPS) is 14.6. The van der Waals surface area contributed by atoms with Crippen molar-refractivity contribution < 1.29 is 29.4 Å². The Labute approximate surface area is 182 Å². The Balaban J connectivity index is 1.87. The second-order valence-electron chi connectivity index (χ2n) is 7.07. The van der Waals surface area contributed by atoms with Crippen LogP contribution >= 0.6 is 0 Å². The summed E-state index contributed by atoms with van der Waals surface area (Å²) < 4.78 is 0. The number of nitrogens with two attached hydrogens (primary N) is 1. The number of nitrogens with zero attached hydrogens (tertiary/aromatic N) is 2. The van der Waals surface area contributed by atoms with Crippen LogP contribution in [0.15, 0.2) is 25.0 Å². The van der Waals surface area contributed by atoms with Gasteiger partial charge < -0.3 is 41.9 Å². The first-order chi connectivity index (χ1) is 15.2. The number of carbonyl (C=O) groups excluding carboxylic acids is 3. The third-order valence-corrected chi connectivity index (χ3v) is 4.43. The molecule has 4 atom stereocenters. The molecule has 2 aromatic heterocycles. The summed E-state index contributed by atoms with van der Waals surface area (Å²) in [5.74, 6) is -3.57. The van der Waals surface area contributed by atoms with Gasteiger partial charge in [0.15, 0.2) is 0 Å². The van der Waals surface area contributed by atoms with E-state index in [4.69, 9.17) is 5.73 Å². The molecule has 0 radical (unpaired) electrons. The number of imidazole rings is 2. The van der Waals surface area contributed by atoms with Gasteiger partial charge in [0, 0.05) is 36.6 Å². The van der Waals surface area contributed by atoms with Gasteiger partial charge >= 0.3 is 5.97 Å². The van der Waals surface area contributed by atoms with Gasteiger partial charge in [-0.25, -0.2) is 14.8 Å². The van der Waals surface area contributed by atoms with Crippen molar-refractivity contribution >= 4 is 23.7 Å². The van der Waals surface area contributed by atoms with Crippen molar-refractivity contribution in [3.05, 3.63) is 36.4 Å². The molecule has 32 heavy (non-hydrogen) atoms. The minimum atomic E-state index is -1.44. The monoisotopic (exact) mass is 450 g/mol. The SMILES string of the molecule is CC(O)C(NC(=O)CNC(=O)C(N)Cc1cnc[nH]1)C(=O)NC(Cc1cnc[nH]1)C(=O)O. The summed E-state index contributed by atoms with van der Waals surface area (Å²) in [5.41, 5.74) is 6.89. The van der Waals surface area contributed by atoms with Gasteiger partial charge in [-0.15, -0.1) is 0 Å². The van der Waals surface area contributed by atoms with E-state index < -0.39 is 54.5 Å². The molecule has 4 unspecified atom stereocenters. The van der Waals surface area contributed by atoms with Gasteiger partial charge in [-0.1, -0.05) is 0 Å². The summed E-state index contributed by atoms with van der Waals surface area (Å²) >= 11 is 0. The lowest BCUT2D eigenvalue weighted by atomic mass is 10.1. The summed E-state index contributed by atoms with van der Waals surface area (Å²) in [6.07, 6.45) is 4.50. The molecule has 14 nitrogen and oxygen atoms in total. The van der Waals surface area contributed by atoms with Gasteiger partial charge in [0.05, 0.1) is 31.3 Å². The van der Waals surface area contributed by atoms with Crippen molar-refractivity contribution in [2.75, 3.05) is 6.54 Å². The maximum absolute atomic E-state index is 12.5. The molecular weight excluding hydrogens is 424 g/mol. The number of carboxylic acids is 1. The molecule has 2 aromatic rings. The number of rotatable bonds is 12. The predicted octanol–water partition coefficient (Wildman–Crippen LogP) is -3.20. The van der Waals surface area contributed by atoms with Crippen LogP contribution in [-0.4, -0.2) is 84.6 Å². The van der Waals surface area contributed by atoms with E-state index in [1.165, 1.54) is 32.0 Å². The Morgan fingerprint density at radius 2 is 1.62 bits per heavy atom. The fourth-order valence-electron chi connectivity index (χ4n) is 2.73. The number of carboxylic acid groups (broad SMARTS) is 1. The van der Waals surface area contributed by atoms with Crippen molar-refractivity contribution in [3.8, 4) is 0 Å². The second-order valence-corrected chi connectivity index (χ2v) is 7.07. The number of amides is 3. The predicted molar refractivity (Wildman–Crippen MR) is 109 cm³/mol. The fourth-order valence-corrected chi connectivity index (χ4v) is 2.73. The Hall–Kier alpha value is -3.78. The lowest BCUT2D eigenvalue weighted by molar-refractivity contribution is -0.143. The number of aromatic amines is 2. The van der Waals surface area contributed by atoms with Crippen LogP contribution in [0, 0.1) is 0 Å². The molecule has 0 bridgehead atoms. The van der Waals surface area contributed by atoms with E-state index in [1.807, 2.05) is 0 Å². The maximum atomic E-state index is 12.5. The lowest BCUT2D eigenvalue weighted by Gasteiger charge is -2.23. The summed E-state index contributed by atoms with van der Waals surface area (Å²) in [7, 11) is 0. The molecule has 0 aromatic carbocycles. The highest BCUT2D eigenvalue weighted by molar-refractivity contribution is 5.92. The largest absolute Gasteiger partial charge is 0.480 e. The van der Waals surface area contributed by atoms with Crippen molar-refractivity contribution in [3.63, 3.8) is 0 Å². The molecule has 0 aliphatic rings. The maximum Gasteiger partial charge on any atom is 0.326 e. The van der Waals surface area contributed by atoms with E-state index >= 15 is 0 Å². The summed E-state index contributed by atoms with van der Waals surface area (Å²) in [6.45, 7) is 0.761. The molecule has 0 aliphatic carbocycles. The summed E-state index contributed by atoms with van der Waals surface area (Å²) in [4.78, 5) is 61.3. The topological polar surface area (TPSA) is 228 Å². The van der Waals surface area contributed by atoms with Gasteiger partial charge in [0.1, 0.15) is 12.1 Å². The van der Waals surface area contributed by atoms with Gasteiger partial charge in [-0.3, -0.25) is 14.4 Å². The Bertz CT molecular complexity index is 899. The molecule has 9 N–H and O–H groups in total. The van der Waals surface area contributed by atoms with Crippen LogP contribution in [0.3, 0.4) is 0 Å². The minimum absolute atomic E-state index is 0.0776. The highest BCUT2D eigenvalue weighted by atomic mass is 16.4. The van der Waals surface area contributed by atoms with Crippen LogP contribution in [0.1, 0.15) is 18.3 Å². The van der Waals surface area contributed by atoms with Crippen molar-refractivity contribution in [1.82, 2.24) is 35.9 Å². The number of H-pyrrole nitrogens is 2. The minimum Gasteiger partial charge on any atom is -0.480 e. The summed E-state index contributed by atoms with van der Waals surface area (Å²) in [5, 5.41) is 26.1. The fraction of sp³-hybridized carbons (Fsp3) is 0.444. The molecule has 3 amide bonds. The number of aliphatic hydroxyl groups excluding tert-OH is 1. The van der Waals surface area contributed by atoms with Crippen LogP contribution in [0.5, 0.6) is 0 Å². The van der Waals surface area contributed by atoms with Gasteiger partial charge in [0.2, 0.25) is 17.7 Å². The third-order valence-electron chi connectivity index (χ3n) is 4.43. The van der Waals surface area contributed by atoms with Crippen LogP contribution in [0.25, 0.3) is 0 Å². The standard InChI is InChI=1S/C18H26N8O6/c1-9(27)15(17(30)25-13(18(31)32)3-11-5-21-8-24-11)26-14(28)6-22-16(29)12(19)2-10-4-20-7-23-10/h4-5,7-9,12-13,15,27H,2-3,6,19H2,1H3,(H,20,23)(H,21,24)(H,22,29)(H,25,30)(H,26,28)(H,31,32). The molecule has 2 heterocycles. The highest BCUT2D eigenvalue weighted by Crippen LogP contribution is 2.02. The average molecular weight is 450 g/mol. The van der Waals surface area contributed by atoms with E-state index in [9.17, 15) is 29.4 Å². The van der Waals surface area contributed by atoms with Crippen LogP contribution in [0.4, 0.5) is 0 Å². The van der Waals surface area contributed by atoms with E-state index in [1.54, 1.807) is 0 Å². The first kappa shape index (κ1) is 24.5. The van der Waals surface area contributed by atoms with Crippen LogP contribution in [0.2, 0.25) is 0 Å². The molecule has 0 saturated heterocycles. The van der Waals surface area contributed by atoms with E-state index in [0.717, 1.165) is 0 Å². The van der Waals surface area contributed by atoms with Gasteiger partial charge in [0.25, 0.3) is 0 Å². The van der Waals surface area contributed by atoms with Gasteiger partial charge in [-0.05, 0) is 6.92 Å². The zero-order valence-corrected chi connectivity index (χ0v) is 17.2. The van der Waals surface area contributed by atoms with Crippen molar-refractivity contribution in [1.29, 1.82) is 0 Å². The van der Waals surface area contributed by atoms with E-state index in [-0.39, 0.29) is 12.8 Å². The van der Waals surface area contributed by atoms with Crippen LogP contribution in [-0.2, 0) is 32.0 Å². The molecule has 14 heteroatoms. The molecule has 0 spiro atoms. The highest BCUT2D eigenvalue weighted by Gasteiger charge is 2.30. The molecule has 0 aliphatic heterocycles. The zero-order chi connectivity index (χ0) is 23.7. The number of aromatic nitrogens is 4. The van der Waals surface area contributed by atoms with Crippen LogP contribution < -0.4 is 21.7 Å². The number of hydrogen-bond acceptors (Lipinski definition) is 8. The van der Waals surface area contributed by atoms with Crippen molar-refractivity contribution in [2.45, 2.75) is 44.0 Å². The molecule has 174 valence electrons.